The highest BCUT2D eigenvalue weighted by molar-refractivity contribution is 5.60. The molecule has 3 nitrogen and oxygen atoms in total. The highest BCUT2D eigenvalue weighted by Crippen LogP contribution is 2.34. The van der Waals surface area contributed by atoms with Crippen molar-refractivity contribution in [2.24, 2.45) is 11.8 Å². The van der Waals surface area contributed by atoms with Gasteiger partial charge in [-0.2, -0.15) is 10.2 Å². The topological polar surface area (TPSA) is 35.0 Å². The van der Waals surface area contributed by atoms with Gasteiger partial charge in [-0.1, -0.05) is 97.3 Å². The first-order valence-electron chi connectivity index (χ1n) is 14.4. The molecule has 1 aromatic carbocycles. The van der Waals surface area contributed by atoms with E-state index in [4.69, 9.17) is 4.74 Å². The quantitative estimate of drug-likeness (QED) is 0.224. The van der Waals surface area contributed by atoms with E-state index in [1.165, 1.54) is 89.5 Å². The normalized spacial score (nSPS) is 18.0. The standard InChI is InChI=1S/C31H47FN2O/c1-3-5-7-9-10-12-25-13-15-26(16-14-25)17-18-27-19-22-31(34-33-27)29-21-20-28(24-30(29)32)35-23-11-8-6-4-2/h19-22,24-26H,3-18,23H2,1-2H3. The Kier molecular flexibility index (Phi) is 12.6. The van der Waals surface area contributed by atoms with Crippen molar-refractivity contribution in [1.29, 1.82) is 0 Å². The number of rotatable bonds is 16. The van der Waals surface area contributed by atoms with Gasteiger partial charge in [-0.15, -0.1) is 0 Å². The Bertz CT molecular complexity index is 830. The van der Waals surface area contributed by atoms with Crippen molar-refractivity contribution in [1.82, 2.24) is 10.2 Å². The lowest BCUT2D eigenvalue weighted by atomic mass is 9.78. The lowest BCUT2D eigenvalue weighted by molar-refractivity contribution is 0.248. The van der Waals surface area contributed by atoms with E-state index in [1.54, 1.807) is 6.07 Å². The van der Waals surface area contributed by atoms with E-state index in [9.17, 15) is 4.39 Å². The third-order valence-corrected chi connectivity index (χ3v) is 7.69. The van der Waals surface area contributed by atoms with E-state index in [-0.39, 0.29) is 5.82 Å². The average Bonchev–Trinajstić information content (AvgIpc) is 2.88. The van der Waals surface area contributed by atoms with Gasteiger partial charge in [-0.05, 0) is 55.4 Å². The smallest absolute Gasteiger partial charge is 0.136 e. The maximum absolute atomic E-state index is 14.7. The van der Waals surface area contributed by atoms with Gasteiger partial charge in [-0.25, -0.2) is 4.39 Å². The van der Waals surface area contributed by atoms with Gasteiger partial charge >= 0.3 is 0 Å². The number of halogens is 1. The Morgan fingerprint density at radius 1 is 0.771 bits per heavy atom. The summed E-state index contributed by atoms with van der Waals surface area (Å²) in [6, 6.07) is 8.97. The van der Waals surface area contributed by atoms with Crippen LogP contribution in [0.15, 0.2) is 30.3 Å². The molecule has 1 aliphatic carbocycles. The zero-order chi connectivity index (χ0) is 24.7. The van der Waals surface area contributed by atoms with Crippen molar-refractivity contribution < 1.29 is 9.13 Å². The molecule has 1 aliphatic rings. The van der Waals surface area contributed by atoms with Crippen LogP contribution in [0.4, 0.5) is 4.39 Å². The third-order valence-electron chi connectivity index (χ3n) is 7.69. The second-order valence-electron chi connectivity index (χ2n) is 10.6. The Morgan fingerprint density at radius 2 is 1.46 bits per heavy atom. The molecule has 4 heteroatoms. The Hall–Kier alpha value is -1.97. The minimum Gasteiger partial charge on any atom is -0.493 e. The van der Waals surface area contributed by atoms with Crippen LogP contribution in [0.3, 0.4) is 0 Å². The van der Waals surface area contributed by atoms with Crippen LogP contribution in [0.2, 0.25) is 0 Å². The molecule has 1 fully saturated rings. The predicted molar refractivity (Wildman–Crippen MR) is 144 cm³/mol. The van der Waals surface area contributed by atoms with E-state index >= 15 is 0 Å². The summed E-state index contributed by atoms with van der Waals surface area (Å²) in [4.78, 5) is 0. The number of ether oxygens (including phenoxy) is 1. The monoisotopic (exact) mass is 482 g/mol. The summed E-state index contributed by atoms with van der Waals surface area (Å²) in [6.45, 7) is 5.10. The van der Waals surface area contributed by atoms with Crippen LogP contribution in [0, 0.1) is 17.7 Å². The zero-order valence-corrected chi connectivity index (χ0v) is 22.2. The minimum atomic E-state index is -0.305. The summed E-state index contributed by atoms with van der Waals surface area (Å²) < 4.78 is 20.4. The van der Waals surface area contributed by atoms with Gasteiger partial charge in [0, 0.05) is 11.6 Å². The summed E-state index contributed by atoms with van der Waals surface area (Å²) in [5.41, 5.74) is 2.08. The molecule has 194 valence electrons. The van der Waals surface area contributed by atoms with Crippen LogP contribution in [0.5, 0.6) is 5.75 Å². The van der Waals surface area contributed by atoms with Gasteiger partial charge in [0.25, 0.3) is 0 Å². The number of hydrogen-bond donors (Lipinski definition) is 0. The largest absolute Gasteiger partial charge is 0.493 e. The molecule has 35 heavy (non-hydrogen) atoms. The van der Waals surface area contributed by atoms with Crippen molar-refractivity contribution in [2.75, 3.05) is 6.61 Å². The van der Waals surface area contributed by atoms with E-state index in [1.807, 2.05) is 18.2 Å². The molecule has 0 saturated heterocycles. The minimum absolute atomic E-state index is 0.305. The molecule has 0 spiro atoms. The van der Waals surface area contributed by atoms with Gasteiger partial charge in [0.05, 0.1) is 18.0 Å². The van der Waals surface area contributed by atoms with Crippen molar-refractivity contribution >= 4 is 0 Å². The van der Waals surface area contributed by atoms with Gasteiger partial charge in [-0.3, -0.25) is 0 Å². The molecule has 1 heterocycles. The van der Waals surface area contributed by atoms with Crippen LogP contribution in [0.25, 0.3) is 11.3 Å². The van der Waals surface area contributed by atoms with Crippen LogP contribution < -0.4 is 4.74 Å². The maximum Gasteiger partial charge on any atom is 0.136 e. The molecule has 2 aromatic rings. The lowest BCUT2D eigenvalue weighted by Crippen LogP contribution is -2.15. The highest BCUT2D eigenvalue weighted by atomic mass is 19.1. The molecule has 0 N–H and O–H groups in total. The van der Waals surface area contributed by atoms with Crippen molar-refractivity contribution in [3.05, 3.63) is 41.8 Å². The van der Waals surface area contributed by atoms with Crippen molar-refractivity contribution in [2.45, 2.75) is 117 Å². The first kappa shape index (κ1) is 27.6. The molecule has 0 bridgehead atoms. The Morgan fingerprint density at radius 3 is 2.11 bits per heavy atom. The van der Waals surface area contributed by atoms with Gasteiger partial charge in [0.2, 0.25) is 0 Å². The molecule has 0 aliphatic heterocycles. The number of nitrogens with zero attached hydrogens (tertiary/aromatic N) is 2. The fourth-order valence-electron chi connectivity index (χ4n) is 5.35. The lowest BCUT2D eigenvalue weighted by Gasteiger charge is -2.28. The summed E-state index contributed by atoms with van der Waals surface area (Å²) >= 11 is 0. The zero-order valence-electron chi connectivity index (χ0n) is 22.2. The molecule has 0 amide bonds. The van der Waals surface area contributed by atoms with Crippen molar-refractivity contribution in [3.63, 3.8) is 0 Å². The molecular weight excluding hydrogens is 435 g/mol. The van der Waals surface area contributed by atoms with Crippen molar-refractivity contribution in [3.8, 4) is 17.0 Å². The molecule has 0 atom stereocenters. The van der Waals surface area contributed by atoms with E-state index in [0.717, 1.165) is 36.8 Å². The maximum atomic E-state index is 14.7. The summed E-state index contributed by atoms with van der Waals surface area (Å²) in [5.74, 6) is 2.05. The average molecular weight is 483 g/mol. The second-order valence-corrected chi connectivity index (χ2v) is 10.6. The molecular formula is C31H47FN2O. The molecule has 0 unspecified atom stereocenters. The first-order valence-corrected chi connectivity index (χ1v) is 14.4. The fraction of sp³-hybridized carbons (Fsp3) is 0.677. The van der Waals surface area contributed by atoms with E-state index in [2.05, 4.69) is 24.0 Å². The third kappa shape index (κ3) is 9.89. The van der Waals surface area contributed by atoms with E-state index in [0.29, 0.717) is 23.6 Å². The second kappa shape index (κ2) is 15.9. The fourth-order valence-corrected chi connectivity index (χ4v) is 5.35. The van der Waals surface area contributed by atoms with Crippen LogP contribution >= 0.6 is 0 Å². The summed E-state index contributed by atoms with van der Waals surface area (Å²) in [6.07, 6.45) is 20.7. The van der Waals surface area contributed by atoms with Gasteiger partial charge in [0.1, 0.15) is 11.6 Å². The molecule has 0 radical (unpaired) electrons. The summed E-state index contributed by atoms with van der Waals surface area (Å²) in [7, 11) is 0. The number of hydrogen-bond acceptors (Lipinski definition) is 3. The number of aromatic nitrogens is 2. The molecule has 1 aromatic heterocycles. The molecule has 3 rings (SSSR count). The molecule has 1 saturated carbocycles. The summed E-state index contributed by atoms with van der Waals surface area (Å²) in [5, 5.41) is 8.75. The van der Waals surface area contributed by atoms with Crippen LogP contribution in [0.1, 0.15) is 116 Å². The number of aryl methyl sites for hydroxylation is 1. The van der Waals surface area contributed by atoms with Crippen LogP contribution in [-0.2, 0) is 6.42 Å². The van der Waals surface area contributed by atoms with Gasteiger partial charge in [0.15, 0.2) is 0 Å². The van der Waals surface area contributed by atoms with E-state index < -0.39 is 0 Å². The highest BCUT2D eigenvalue weighted by Gasteiger charge is 2.21. The Balaban J connectivity index is 1.38. The first-order chi connectivity index (χ1) is 17.2. The van der Waals surface area contributed by atoms with Crippen LogP contribution in [-0.4, -0.2) is 16.8 Å². The SMILES string of the molecule is CCCCCCCC1CCC(CCc2ccc(-c3ccc(OCCCCCC)cc3F)nn2)CC1. The Labute approximate surface area is 213 Å². The number of unbranched alkanes of at least 4 members (excludes halogenated alkanes) is 7. The van der Waals surface area contributed by atoms with Gasteiger partial charge < -0.3 is 4.74 Å². The number of benzene rings is 1. The predicted octanol–water partition coefficient (Wildman–Crippen LogP) is 9.34.